The summed E-state index contributed by atoms with van der Waals surface area (Å²) in [5, 5.41) is 12.8. The lowest BCUT2D eigenvalue weighted by atomic mass is 10.1. The molecule has 0 saturated heterocycles. The van der Waals surface area contributed by atoms with Crippen LogP contribution in [0.2, 0.25) is 10.0 Å². The highest BCUT2D eigenvalue weighted by Crippen LogP contribution is 2.32. The van der Waals surface area contributed by atoms with Crippen LogP contribution in [0.3, 0.4) is 0 Å². The lowest BCUT2D eigenvalue weighted by Crippen LogP contribution is -2.42. The Hall–Kier alpha value is -0.970. The number of nitrogens with one attached hydrogen (secondary N) is 1. The normalized spacial score (nSPS) is 12.5. The van der Waals surface area contributed by atoms with Crippen molar-refractivity contribution >= 4 is 29.2 Å². The fourth-order valence-electron chi connectivity index (χ4n) is 1.60. The van der Waals surface area contributed by atoms with Crippen LogP contribution in [0.15, 0.2) is 18.2 Å². The first-order chi connectivity index (χ1) is 8.93. The number of rotatable bonds is 7. The van der Waals surface area contributed by atoms with Crippen LogP contribution in [-0.2, 0) is 4.79 Å². The van der Waals surface area contributed by atoms with Gasteiger partial charge < -0.3 is 15.2 Å². The average molecular weight is 306 g/mol. The van der Waals surface area contributed by atoms with Crippen molar-refractivity contribution in [3.63, 3.8) is 0 Å². The molecule has 1 atom stereocenters. The molecule has 0 amide bonds. The second-order valence-corrected chi connectivity index (χ2v) is 5.23. The highest BCUT2D eigenvalue weighted by atomic mass is 35.5. The van der Waals surface area contributed by atoms with Crippen LogP contribution in [0.5, 0.6) is 5.75 Å². The summed E-state index contributed by atoms with van der Waals surface area (Å²) in [6.07, 6.45) is 0. The first-order valence-corrected chi connectivity index (χ1v) is 6.72. The molecule has 0 saturated carbocycles. The lowest BCUT2D eigenvalue weighted by molar-refractivity contribution is -0.140. The van der Waals surface area contributed by atoms with Gasteiger partial charge in [-0.1, -0.05) is 43.1 Å². The first-order valence-electron chi connectivity index (χ1n) is 5.96. The molecule has 1 rings (SSSR count). The Bertz CT molecular complexity index is 418. The van der Waals surface area contributed by atoms with Gasteiger partial charge in [0.15, 0.2) is 5.75 Å². The van der Waals surface area contributed by atoms with E-state index in [1.165, 1.54) is 0 Å². The van der Waals surface area contributed by atoms with E-state index in [9.17, 15) is 4.79 Å². The van der Waals surface area contributed by atoms with Crippen molar-refractivity contribution < 1.29 is 14.6 Å². The van der Waals surface area contributed by atoms with Crippen LogP contribution < -0.4 is 10.1 Å². The fraction of sp³-hybridized carbons (Fsp3) is 0.462. The molecule has 0 aliphatic heterocycles. The third-order valence-electron chi connectivity index (χ3n) is 2.56. The molecule has 19 heavy (non-hydrogen) atoms. The zero-order chi connectivity index (χ0) is 14.4. The van der Waals surface area contributed by atoms with Gasteiger partial charge in [0.2, 0.25) is 0 Å². The molecule has 0 radical (unpaired) electrons. The quantitative estimate of drug-likeness (QED) is 0.760. The molecule has 4 nitrogen and oxygen atoms in total. The number of para-hydroxylation sites is 1. The first kappa shape index (κ1) is 16.1. The molecule has 1 aromatic carbocycles. The van der Waals surface area contributed by atoms with Crippen molar-refractivity contribution in [3.8, 4) is 5.75 Å². The van der Waals surface area contributed by atoms with Crippen LogP contribution in [0, 0.1) is 5.92 Å². The topological polar surface area (TPSA) is 58.6 Å². The van der Waals surface area contributed by atoms with Gasteiger partial charge >= 0.3 is 5.97 Å². The second-order valence-electron chi connectivity index (χ2n) is 4.41. The summed E-state index contributed by atoms with van der Waals surface area (Å²) in [5.74, 6) is -0.448. The molecule has 106 valence electrons. The molecule has 0 aliphatic rings. The molecule has 0 bridgehead atoms. The summed E-state index contributed by atoms with van der Waals surface area (Å²) < 4.78 is 5.46. The summed E-state index contributed by atoms with van der Waals surface area (Å²) in [6.45, 7) is 4.38. The molecular formula is C13H17Cl2NO3. The van der Waals surface area contributed by atoms with Gasteiger partial charge in [0, 0.05) is 6.54 Å². The molecular weight excluding hydrogens is 289 g/mol. The molecule has 6 heteroatoms. The van der Waals surface area contributed by atoms with Gasteiger partial charge in [0.25, 0.3) is 0 Å². The van der Waals surface area contributed by atoms with Gasteiger partial charge in [-0.15, -0.1) is 0 Å². The minimum atomic E-state index is -0.870. The van der Waals surface area contributed by atoms with E-state index in [2.05, 4.69) is 5.32 Å². The van der Waals surface area contributed by atoms with Gasteiger partial charge in [-0.05, 0) is 18.1 Å². The maximum atomic E-state index is 11.0. The summed E-state index contributed by atoms with van der Waals surface area (Å²) in [5.41, 5.74) is 0. The number of carboxylic acids is 1. The SMILES string of the molecule is CC(C)C(NCCOc1c(Cl)cccc1Cl)C(=O)O. The molecule has 0 aliphatic carbocycles. The second kappa shape index (κ2) is 7.58. The number of halogens is 2. The number of hydrogen-bond donors (Lipinski definition) is 2. The maximum Gasteiger partial charge on any atom is 0.320 e. The fourth-order valence-corrected chi connectivity index (χ4v) is 2.10. The largest absolute Gasteiger partial charge is 0.489 e. The lowest BCUT2D eigenvalue weighted by Gasteiger charge is -2.18. The Morgan fingerprint density at radius 2 is 1.95 bits per heavy atom. The van der Waals surface area contributed by atoms with Crippen molar-refractivity contribution in [2.45, 2.75) is 19.9 Å². The van der Waals surface area contributed by atoms with Crippen LogP contribution >= 0.6 is 23.2 Å². The summed E-state index contributed by atoms with van der Waals surface area (Å²) in [4.78, 5) is 11.0. The third kappa shape index (κ3) is 4.90. The van der Waals surface area contributed by atoms with Gasteiger partial charge in [-0.2, -0.15) is 0 Å². The molecule has 0 fully saturated rings. The number of aliphatic carboxylic acids is 1. The Labute approximate surface area is 122 Å². The maximum absolute atomic E-state index is 11.0. The number of benzene rings is 1. The van der Waals surface area contributed by atoms with Crippen molar-refractivity contribution in [2.75, 3.05) is 13.2 Å². The number of ether oxygens (including phenoxy) is 1. The molecule has 1 unspecified atom stereocenters. The highest BCUT2D eigenvalue weighted by molar-refractivity contribution is 6.37. The van der Waals surface area contributed by atoms with E-state index in [-0.39, 0.29) is 5.92 Å². The molecule has 0 aromatic heterocycles. The van der Waals surface area contributed by atoms with E-state index in [0.29, 0.717) is 28.9 Å². The minimum absolute atomic E-state index is 0.00130. The van der Waals surface area contributed by atoms with Crippen molar-refractivity contribution in [3.05, 3.63) is 28.2 Å². The standard InChI is InChI=1S/C13H17Cl2NO3/c1-8(2)11(13(17)18)16-6-7-19-12-9(14)4-3-5-10(12)15/h3-5,8,11,16H,6-7H2,1-2H3,(H,17,18). The molecule has 0 heterocycles. The predicted octanol–water partition coefficient (Wildman–Crippen LogP) is 3.07. The van der Waals surface area contributed by atoms with E-state index in [4.69, 9.17) is 33.0 Å². The monoisotopic (exact) mass is 305 g/mol. The van der Waals surface area contributed by atoms with Gasteiger partial charge in [0.1, 0.15) is 12.6 Å². The zero-order valence-corrected chi connectivity index (χ0v) is 12.3. The Morgan fingerprint density at radius 3 is 2.42 bits per heavy atom. The van der Waals surface area contributed by atoms with Gasteiger partial charge in [0.05, 0.1) is 10.0 Å². The predicted molar refractivity (Wildman–Crippen MR) is 76.2 cm³/mol. The number of carbonyl (C=O) groups is 1. The summed E-state index contributed by atoms with van der Waals surface area (Å²) in [6, 6.07) is 4.51. The number of hydrogen-bond acceptors (Lipinski definition) is 3. The van der Waals surface area contributed by atoms with Crippen LogP contribution in [0.25, 0.3) is 0 Å². The third-order valence-corrected chi connectivity index (χ3v) is 3.16. The van der Waals surface area contributed by atoms with Crippen LogP contribution in [0.4, 0.5) is 0 Å². The molecule has 0 spiro atoms. The van der Waals surface area contributed by atoms with Crippen molar-refractivity contribution in [1.82, 2.24) is 5.32 Å². The zero-order valence-electron chi connectivity index (χ0n) is 10.8. The van der Waals surface area contributed by atoms with E-state index >= 15 is 0 Å². The Kier molecular flexibility index (Phi) is 6.42. The minimum Gasteiger partial charge on any atom is -0.489 e. The molecule has 2 N–H and O–H groups in total. The highest BCUT2D eigenvalue weighted by Gasteiger charge is 2.20. The Balaban J connectivity index is 2.45. The van der Waals surface area contributed by atoms with E-state index < -0.39 is 12.0 Å². The van der Waals surface area contributed by atoms with E-state index in [1.807, 2.05) is 13.8 Å². The number of carboxylic acid groups (broad SMARTS) is 1. The summed E-state index contributed by atoms with van der Waals surface area (Å²) >= 11 is 11.9. The van der Waals surface area contributed by atoms with E-state index in [0.717, 1.165) is 0 Å². The van der Waals surface area contributed by atoms with Crippen LogP contribution in [-0.4, -0.2) is 30.3 Å². The van der Waals surface area contributed by atoms with Gasteiger partial charge in [-0.25, -0.2) is 0 Å². The Morgan fingerprint density at radius 1 is 1.37 bits per heavy atom. The summed E-state index contributed by atoms with van der Waals surface area (Å²) in [7, 11) is 0. The van der Waals surface area contributed by atoms with E-state index in [1.54, 1.807) is 18.2 Å². The van der Waals surface area contributed by atoms with Crippen LogP contribution in [0.1, 0.15) is 13.8 Å². The van der Waals surface area contributed by atoms with Gasteiger partial charge in [-0.3, -0.25) is 4.79 Å². The average Bonchev–Trinajstić information content (AvgIpc) is 2.31. The van der Waals surface area contributed by atoms with Crippen molar-refractivity contribution in [1.29, 1.82) is 0 Å². The smallest absolute Gasteiger partial charge is 0.320 e. The molecule has 1 aromatic rings. The van der Waals surface area contributed by atoms with Crippen molar-refractivity contribution in [2.24, 2.45) is 5.92 Å².